The van der Waals surface area contributed by atoms with Crippen molar-refractivity contribution in [2.75, 3.05) is 13.1 Å². The summed E-state index contributed by atoms with van der Waals surface area (Å²) in [6.07, 6.45) is 5.79. The van der Waals surface area contributed by atoms with Crippen molar-refractivity contribution in [1.82, 2.24) is 10.2 Å². The number of hydrogen-bond donors (Lipinski definition) is 1. The SMILES string of the molecule is O=C(CN1C(=O)C2C3C=CC(C3)C2C1=O)NCCc1cccs1. The van der Waals surface area contributed by atoms with Crippen molar-refractivity contribution in [2.24, 2.45) is 23.7 Å². The fourth-order valence-corrected chi connectivity index (χ4v) is 4.81. The van der Waals surface area contributed by atoms with Gasteiger partial charge in [0.05, 0.1) is 11.8 Å². The highest BCUT2D eigenvalue weighted by molar-refractivity contribution is 7.09. The number of rotatable bonds is 5. The summed E-state index contributed by atoms with van der Waals surface area (Å²) in [7, 11) is 0. The fourth-order valence-electron chi connectivity index (χ4n) is 4.10. The van der Waals surface area contributed by atoms with E-state index in [-0.39, 0.29) is 47.9 Å². The number of allylic oxidation sites excluding steroid dienone is 2. The third-order valence-corrected chi connectivity index (χ3v) is 6.07. The standard InChI is InChI=1S/C17H18N2O3S/c20-13(18-6-5-12-2-1-7-23-12)9-19-16(21)14-10-3-4-11(8-10)15(14)17(19)22/h1-4,7,10-11,14-15H,5-6,8-9H2,(H,18,20). The number of nitrogens with one attached hydrogen (secondary N) is 1. The van der Waals surface area contributed by atoms with E-state index in [0.717, 1.165) is 12.8 Å². The lowest BCUT2D eigenvalue weighted by molar-refractivity contribution is -0.144. The van der Waals surface area contributed by atoms with E-state index in [0.29, 0.717) is 6.54 Å². The van der Waals surface area contributed by atoms with Crippen LogP contribution in [0.25, 0.3) is 0 Å². The molecule has 4 atom stereocenters. The summed E-state index contributed by atoms with van der Waals surface area (Å²) in [6, 6.07) is 4.00. The predicted octanol–water partition coefficient (Wildman–Crippen LogP) is 1.21. The molecule has 3 aliphatic rings. The molecule has 2 heterocycles. The van der Waals surface area contributed by atoms with Crippen LogP contribution in [-0.2, 0) is 20.8 Å². The van der Waals surface area contributed by atoms with E-state index < -0.39 is 0 Å². The maximum atomic E-state index is 12.5. The van der Waals surface area contributed by atoms with E-state index in [2.05, 4.69) is 17.5 Å². The zero-order chi connectivity index (χ0) is 16.0. The van der Waals surface area contributed by atoms with Crippen LogP contribution in [0.2, 0.25) is 0 Å². The number of nitrogens with zero attached hydrogens (tertiary/aromatic N) is 1. The molecule has 3 amide bonds. The summed E-state index contributed by atoms with van der Waals surface area (Å²) >= 11 is 1.65. The van der Waals surface area contributed by atoms with Gasteiger partial charge in [0.2, 0.25) is 17.7 Å². The molecule has 1 N–H and O–H groups in total. The smallest absolute Gasteiger partial charge is 0.240 e. The Hall–Kier alpha value is -1.95. The third kappa shape index (κ3) is 2.41. The van der Waals surface area contributed by atoms with Gasteiger partial charge in [0.15, 0.2) is 0 Å². The Morgan fingerprint density at radius 1 is 1.22 bits per heavy atom. The molecule has 2 bridgehead atoms. The summed E-state index contributed by atoms with van der Waals surface area (Å²) in [4.78, 5) is 39.4. The van der Waals surface area contributed by atoms with Crippen molar-refractivity contribution in [2.45, 2.75) is 12.8 Å². The molecule has 1 aliphatic heterocycles. The number of amides is 3. The number of carbonyl (C=O) groups is 3. The monoisotopic (exact) mass is 330 g/mol. The Morgan fingerprint density at radius 3 is 2.52 bits per heavy atom. The van der Waals surface area contributed by atoms with Crippen LogP contribution in [0.3, 0.4) is 0 Å². The highest BCUT2D eigenvalue weighted by Gasteiger charge is 2.59. The van der Waals surface area contributed by atoms with Gasteiger partial charge in [0.1, 0.15) is 6.54 Å². The largest absolute Gasteiger partial charge is 0.354 e. The van der Waals surface area contributed by atoms with E-state index in [1.165, 1.54) is 9.78 Å². The molecule has 4 rings (SSSR count). The molecule has 0 spiro atoms. The summed E-state index contributed by atoms with van der Waals surface area (Å²) in [5.74, 6) is -0.659. The lowest BCUT2D eigenvalue weighted by Gasteiger charge is -2.16. The molecule has 2 aliphatic carbocycles. The summed E-state index contributed by atoms with van der Waals surface area (Å²) in [5, 5.41) is 4.80. The van der Waals surface area contributed by atoms with Gasteiger partial charge in [-0.15, -0.1) is 11.3 Å². The minimum Gasteiger partial charge on any atom is -0.354 e. The van der Waals surface area contributed by atoms with E-state index >= 15 is 0 Å². The lowest BCUT2D eigenvalue weighted by Crippen LogP contribution is -2.42. The van der Waals surface area contributed by atoms with Crippen LogP contribution in [0.5, 0.6) is 0 Å². The van der Waals surface area contributed by atoms with Gasteiger partial charge < -0.3 is 5.32 Å². The van der Waals surface area contributed by atoms with Crippen molar-refractivity contribution in [1.29, 1.82) is 0 Å². The molecular formula is C17H18N2O3S. The predicted molar refractivity (Wildman–Crippen MR) is 85.5 cm³/mol. The fraction of sp³-hybridized carbons (Fsp3) is 0.471. The number of carbonyl (C=O) groups excluding carboxylic acids is 3. The Kier molecular flexibility index (Phi) is 3.56. The molecular weight excluding hydrogens is 312 g/mol. The normalized spacial score (nSPS) is 31.0. The molecule has 6 heteroatoms. The quantitative estimate of drug-likeness (QED) is 0.652. The van der Waals surface area contributed by atoms with Gasteiger partial charge in [0.25, 0.3) is 0 Å². The number of likely N-dealkylation sites (tertiary alicyclic amines) is 1. The highest BCUT2D eigenvalue weighted by atomic mass is 32.1. The van der Waals surface area contributed by atoms with Gasteiger partial charge in [-0.1, -0.05) is 18.2 Å². The van der Waals surface area contributed by atoms with E-state index in [4.69, 9.17) is 0 Å². The lowest BCUT2D eigenvalue weighted by atomic mass is 9.85. The maximum absolute atomic E-state index is 12.5. The van der Waals surface area contributed by atoms with Crippen molar-refractivity contribution >= 4 is 29.1 Å². The first-order valence-electron chi connectivity index (χ1n) is 7.98. The van der Waals surface area contributed by atoms with Crippen molar-refractivity contribution in [3.8, 4) is 0 Å². The minimum atomic E-state index is -0.261. The Morgan fingerprint density at radius 2 is 1.91 bits per heavy atom. The molecule has 1 aromatic rings. The van der Waals surface area contributed by atoms with Crippen LogP contribution < -0.4 is 5.32 Å². The molecule has 120 valence electrons. The molecule has 1 aromatic heterocycles. The molecule has 0 radical (unpaired) electrons. The first-order chi connectivity index (χ1) is 11.1. The van der Waals surface area contributed by atoms with Crippen LogP contribution in [0.4, 0.5) is 0 Å². The van der Waals surface area contributed by atoms with Gasteiger partial charge in [-0.3, -0.25) is 19.3 Å². The number of imide groups is 1. The third-order valence-electron chi connectivity index (χ3n) is 5.14. The van der Waals surface area contributed by atoms with Crippen LogP contribution >= 0.6 is 11.3 Å². The number of hydrogen-bond acceptors (Lipinski definition) is 4. The molecule has 1 saturated heterocycles. The van der Waals surface area contributed by atoms with Crippen molar-refractivity contribution in [3.05, 3.63) is 34.5 Å². The van der Waals surface area contributed by atoms with E-state index in [9.17, 15) is 14.4 Å². The van der Waals surface area contributed by atoms with E-state index in [1.54, 1.807) is 11.3 Å². The van der Waals surface area contributed by atoms with Gasteiger partial charge in [-0.2, -0.15) is 0 Å². The topological polar surface area (TPSA) is 66.5 Å². The first-order valence-corrected chi connectivity index (χ1v) is 8.86. The number of fused-ring (bicyclic) bond motifs is 5. The highest BCUT2D eigenvalue weighted by Crippen LogP contribution is 2.52. The molecule has 5 nitrogen and oxygen atoms in total. The zero-order valence-corrected chi connectivity index (χ0v) is 13.4. The first kappa shape index (κ1) is 14.6. The second-order valence-electron chi connectivity index (χ2n) is 6.44. The second kappa shape index (κ2) is 5.60. The average molecular weight is 330 g/mol. The van der Waals surface area contributed by atoms with Crippen molar-refractivity contribution in [3.63, 3.8) is 0 Å². The molecule has 23 heavy (non-hydrogen) atoms. The minimum absolute atomic E-state index is 0.144. The Bertz CT molecular complexity index is 652. The molecule has 2 fully saturated rings. The Labute approximate surface area is 138 Å². The Balaban J connectivity index is 1.33. The maximum Gasteiger partial charge on any atom is 0.240 e. The van der Waals surface area contributed by atoms with Crippen molar-refractivity contribution < 1.29 is 14.4 Å². The molecule has 0 aromatic carbocycles. The molecule has 1 saturated carbocycles. The number of thiophene rings is 1. The van der Waals surface area contributed by atoms with Gasteiger partial charge in [-0.05, 0) is 36.1 Å². The summed E-state index contributed by atoms with van der Waals surface area (Å²) < 4.78 is 0. The van der Waals surface area contributed by atoms with Gasteiger partial charge >= 0.3 is 0 Å². The second-order valence-corrected chi connectivity index (χ2v) is 7.47. The van der Waals surface area contributed by atoms with Gasteiger partial charge in [0, 0.05) is 11.4 Å². The summed E-state index contributed by atoms with van der Waals surface area (Å²) in [6.45, 7) is 0.379. The zero-order valence-electron chi connectivity index (χ0n) is 12.6. The molecule has 4 unspecified atom stereocenters. The van der Waals surface area contributed by atoms with Crippen LogP contribution in [0, 0.1) is 23.7 Å². The van der Waals surface area contributed by atoms with Crippen LogP contribution in [0.1, 0.15) is 11.3 Å². The average Bonchev–Trinajstić information content (AvgIpc) is 3.29. The van der Waals surface area contributed by atoms with Crippen LogP contribution in [-0.4, -0.2) is 35.7 Å². The summed E-state index contributed by atoms with van der Waals surface area (Å²) in [5.41, 5.74) is 0. The van der Waals surface area contributed by atoms with E-state index in [1.807, 2.05) is 17.5 Å². The van der Waals surface area contributed by atoms with Gasteiger partial charge in [-0.25, -0.2) is 0 Å². The van der Waals surface area contributed by atoms with Crippen LogP contribution in [0.15, 0.2) is 29.7 Å².